The molecule has 124 valence electrons. The first kappa shape index (κ1) is 16.5. The fourth-order valence-electron chi connectivity index (χ4n) is 2.20. The van der Waals surface area contributed by atoms with Gasteiger partial charge in [0.25, 0.3) is 5.91 Å². The van der Waals surface area contributed by atoms with Crippen LogP contribution in [-0.4, -0.2) is 15.7 Å². The summed E-state index contributed by atoms with van der Waals surface area (Å²) in [5, 5.41) is 9.55. The maximum absolute atomic E-state index is 12.3. The molecular formula is C17H16ClN3O2S. The number of aryl methyl sites for hydroxylation is 2. The number of thiophene rings is 1. The Kier molecular flexibility index (Phi) is 4.87. The monoisotopic (exact) mass is 361 g/mol. The van der Waals surface area contributed by atoms with Crippen LogP contribution < -0.4 is 10.1 Å². The van der Waals surface area contributed by atoms with Crippen LogP contribution in [0.5, 0.6) is 5.75 Å². The average molecular weight is 362 g/mol. The first-order chi connectivity index (χ1) is 11.5. The van der Waals surface area contributed by atoms with Gasteiger partial charge in [-0.05, 0) is 30.5 Å². The molecule has 0 unspecified atom stereocenters. The summed E-state index contributed by atoms with van der Waals surface area (Å²) in [4.78, 5) is 12.9. The highest BCUT2D eigenvalue weighted by Crippen LogP contribution is 2.25. The van der Waals surface area contributed by atoms with Gasteiger partial charge in [0.05, 0.1) is 21.3 Å². The molecular weight excluding hydrogens is 346 g/mol. The van der Waals surface area contributed by atoms with Crippen molar-refractivity contribution in [3.63, 3.8) is 0 Å². The zero-order chi connectivity index (χ0) is 17.1. The highest BCUT2D eigenvalue weighted by atomic mass is 35.5. The van der Waals surface area contributed by atoms with Gasteiger partial charge in [0.15, 0.2) is 0 Å². The van der Waals surface area contributed by atoms with E-state index >= 15 is 0 Å². The van der Waals surface area contributed by atoms with Crippen molar-refractivity contribution in [2.45, 2.75) is 13.5 Å². The molecule has 5 nitrogen and oxygen atoms in total. The zero-order valence-electron chi connectivity index (χ0n) is 13.2. The predicted molar refractivity (Wildman–Crippen MR) is 96.0 cm³/mol. The first-order valence-corrected chi connectivity index (χ1v) is 8.55. The number of aromatic nitrogens is 2. The standard InChI is InChI=1S/C17H16ClN3O2S/c1-11-14(8-21(2)20-11)19-17(22)16-7-12(10-24-16)9-23-15-6-4-3-5-13(15)18/h3-8,10H,9H2,1-2H3,(H,19,22). The van der Waals surface area contributed by atoms with Crippen molar-refractivity contribution in [2.75, 3.05) is 5.32 Å². The third kappa shape index (κ3) is 3.77. The summed E-state index contributed by atoms with van der Waals surface area (Å²) in [5.41, 5.74) is 2.42. The number of anilines is 1. The van der Waals surface area contributed by atoms with Crippen molar-refractivity contribution in [1.82, 2.24) is 9.78 Å². The fourth-order valence-corrected chi connectivity index (χ4v) is 3.18. The number of hydrogen-bond acceptors (Lipinski definition) is 4. The molecule has 0 aliphatic carbocycles. The Balaban J connectivity index is 1.63. The Labute approximate surface area is 148 Å². The largest absolute Gasteiger partial charge is 0.487 e. The molecule has 0 aliphatic rings. The molecule has 0 saturated heterocycles. The summed E-state index contributed by atoms with van der Waals surface area (Å²) in [6.07, 6.45) is 1.78. The van der Waals surface area contributed by atoms with E-state index in [4.69, 9.17) is 16.3 Å². The molecule has 3 aromatic rings. The van der Waals surface area contributed by atoms with Gasteiger partial charge in [0, 0.05) is 18.8 Å². The molecule has 2 heterocycles. The molecule has 0 saturated carbocycles. The van der Waals surface area contributed by atoms with Crippen molar-refractivity contribution < 1.29 is 9.53 Å². The van der Waals surface area contributed by atoms with E-state index in [1.807, 2.05) is 43.6 Å². The van der Waals surface area contributed by atoms with Crippen LogP contribution in [0.15, 0.2) is 41.9 Å². The number of ether oxygens (including phenoxy) is 1. The predicted octanol–water partition coefficient (Wildman–Crippen LogP) is 4.27. The number of hydrogen-bond donors (Lipinski definition) is 1. The van der Waals surface area contributed by atoms with E-state index < -0.39 is 0 Å². The Hall–Kier alpha value is -2.31. The highest BCUT2D eigenvalue weighted by molar-refractivity contribution is 7.12. The van der Waals surface area contributed by atoms with E-state index in [9.17, 15) is 4.79 Å². The third-order valence-electron chi connectivity index (χ3n) is 3.37. The molecule has 2 aromatic heterocycles. The Morgan fingerprint density at radius 3 is 2.92 bits per heavy atom. The minimum absolute atomic E-state index is 0.153. The van der Waals surface area contributed by atoms with Crippen LogP contribution in [0, 0.1) is 6.92 Å². The van der Waals surface area contributed by atoms with Crippen LogP contribution in [0.4, 0.5) is 5.69 Å². The lowest BCUT2D eigenvalue weighted by atomic mass is 10.3. The number of amides is 1. The second-order valence-electron chi connectivity index (χ2n) is 5.29. The van der Waals surface area contributed by atoms with Crippen molar-refractivity contribution in [1.29, 1.82) is 0 Å². The lowest BCUT2D eigenvalue weighted by molar-refractivity contribution is 0.103. The van der Waals surface area contributed by atoms with Crippen LogP contribution >= 0.6 is 22.9 Å². The number of halogens is 1. The second-order valence-corrected chi connectivity index (χ2v) is 6.61. The maximum Gasteiger partial charge on any atom is 0.265 e. The highest BCUT2D eigenvalue weighted by Gasteiger charge is 2.13. The molecule has 0 spiro atoms. The number of nitrogens with one attached hydrogen (secondary N) is 1. The Morgan fingerprint density at radius 2 is 2.21 bits per heavy atom. The van der Waals surface area contributed by atoms with Gasteiger partial charge in [-0.1, -0.05) is 23.7 Å². The van der Waals surface area contributed by atoms with Crippen LogP contribution in [0.2, 0.25) is 5.02 Å². The summed E-state index contributed by atoms with van der Waals surface area (Å²) in [6, 6.07) is 9.13. The number of carbonyl (C=O) groups excluding carboxylic acids is 1. The van der Waals surface area contributed by atoms with E-state index in [1.54, 1.807) is 16.9 Å². The minimum Gasteiger partial charge on any atom is -0.487 e. The molecule has 0 bridgehead atoms. The molecule has 0 fully saturated rings. The minimum atomic E-state index is -0.153. The van der Waals surface area contributed by atoms with Gasteiger partial charge in [-0.2, -0.15) is 5.10 Å². The maximum atomic E-state index is 12.3. The average Bonchev–Trinajstić information content (AvgIpc) is 3.13. The summed E-state index contributed by atoms with van der Waals surface area (Å²) in [6.45, 7) is 2.21. The van der Waals surface area contributed by atoms with E-state index in [1.165, 1.54) is 11.3 Å². The summed E-state index contributed by atoms with van der Waals surface area (Å²) in [5.74, 6) is 0.474. The Bertz CT molecular complexity index is 872. The van der Waals surface area contributed by atoms with Gasteiger partial charge in [0.1, 0.15) is 12.4 Å². The third-order valence-corrected chi connectivity index (χ3v) is 4.66. The lowest BCUT2D eigenvalue weighted by Crippen LogP contribution is -2.10. The van der Waals surface area contributed by atoms with Crippen LogP contribution in [-0.2, 0) is 13.7 Å². The van der Waals surface area contributed by atoms with Gasteiger partial charge in [0.2, 0.25) is 0 Å². The number of nitrogens with zero attached hydrogens (tertiary/aromatic N) is 2. The van der Waals surface area contributed by atoms with Crippen molar-refractivity contribution in [3.05, 3.63) is 63.1 Å². The van der Waals surface area contributed by atoms with E-state index in [0.717, 1.165) is 11.3 Å². The van der Waals surface area contributed by atoms with E-state index in [-0.39, 0.29) is 5.91 Å². The zero-order valence-corrected chi connectivity index (χ0v) is 14.8. The molecule has 3 rings (SSSR count). The molecule has 24 heavy (non-hydrogen) atoms. The molecule has 1 aromatic carbocycles. The quantitative estimate of drug-likeness (QED) is 0.738. The van der Waals surface area contributed by atoms with Gasteiger partial charge in [-0.15, -0.1) is 11.3 Å². The van der Waals surface area contributed by atoms with Crippen LogP contribution in [0.1, 0.15) is 20.9 Å². The number of benzene rings is 1. The lowest BCUT2D eigenvalue weighted by Gasteiger charge is -2.06. The van der Waals surface area contributed by atoms with Crippen LogP contribution in [0.3, 0.4) is 0 Å². The van der Waals surface area contributed by atoms with Crippen molar-refractivity contribution >= 4 is 34.5 Å². The van der Waals surface area contributed by atoms with Gasteiger partial charge >= 0.3 is 0 Å². The normalized spacial score (nSPS) is 10.6. The summed E-state index contributed by atoms with van der Waals surface area (Å²) in [7, 11) is 1.82. The SMILES string of the molecule is Cc1nn(C)cc1NC(=O)c1cc(COc2ccccc2Cl)cs1. The molecule has 1 N–H and O–H groups in total. The molecule has 0 aliphatic heterocycles. The van der Waals surface area contributed by atoms with E-state index in [2.05, 4.69) is 10.4 Å². The number of carbonyl (C=O) groups is 1. The number of para-hydroxylation sites is 1. The summed E-state index contributed by atoms with van der Waals surface area (Å²) < 4.78 is 7.36. The Morgan fingerprint density at radius 1 is 1.42 bits per heavy atom. The van der Waals surface area contributed by atoms with Crippen molar-refractivity contribution in [3.8, 4) is 5.75 Å². The van der Waals surface area contributed by atoms with Gasteiger partial charge < -0.3 is 10.1 Å². The first-order valence-electron chi connectivity index (χ1n) is 7.29. The molecule has 0 radical (unpaired) electrons. The molecule has 1 amide bonds. The van der Waals surface area contributed by atoms with Crippen molar-refractivity contribution in [2.24, 2.45) is 7.05 Å². The van der Waals surface area contributed by atoms with Crippen LogP contribution in [0.25, 0.3) is 0 Å². The summed E-state index contributed by atoms with van der Waals surface area (Å²) >= 11 is 7.44. The molecule has 7 heteroatoms. The smallest absolute Gasteiger partial charge is 0.265 e. The number of rotatable bonds is 5. The van der Waals surface area contributed by atoms with E-state index in [0.29, 0.717) is 27.9 Å². The topological polar surface area (TPSA) is 56.2 Å². The second kappa shape index (κ2) is 7.07. The van der Waals surface area contributed by atoms with Gasteiger partial charge in [-0.25, -0.2) is 0 Å². The fraction of sp³-hybridized carbons (Fsp3) is 0.176. The molecule has 0 atom stereocenters. The van der Waals surface area contributed by atoms with Gasteiger partial charge in [-0.3, -0.25) is 9.48 Å².